The molecule has 0 saturated carbocycles. The molecule has 0 spiro atoms. The predicted molar refractivity (Wildman–Crippen MR) is 220 cm³/mol. The summed E-state index contributed by atoms with van der Waals surface area (Å²) in [7, 11) is 0. The molecule has 0 saturated heterocycles. The van der Waals surface area contributed by atoms with E-state index < -0.39 is 0 Å². The molecule has 6 aromatic carbocycles. The maximum Gasteiger partial charge on any atom is 0.102 e. The van der Waals surface area contributed by atoms with Crippen molar-refractivity contribution in [2.45, 2.75) is 12.1 Å². The average molecular weight is 762 g/mol. The molecule has 0 amide bonds. The van der Waals surface area contributed by atoms with Crippen LogP contribution in [0.2, 0.25) is 10.0 Å². The van der Waals surface area contributed by atoms with Crippen LogP contribution in [-0.4, -0.2) is 9.13 Å². The largest absolute Gasteiger partial charge is 0.397 e. The summed E-state index contributed by atoms with van der Waals surface area (Å²) in [6.45, 7) is 0. The average Bonchev–Trinajstić information content (AvgIpc) is 3.75. The normalized spacial score (nSPS) is 14.3. The van der Waals surface area contributed by atoms with Gasteiger partial charge in [-0.1, -0.05) is 120 Å². The first-order valence-electron chi connectivity index (χ1n) is 17.5. The van der Waals surface area contributed by atoms with Crippen LogP contribution in [0.25, 0.3) is 44.1 Å². The standard InChI is InChI=1S/2C23H13ClN4/c2*24-19-12-28-22(13-5-2-1-3-6-13)17-9-14(10-25)21(27)18(11-26)20(17)16-8-4-7-15(19)23(16)28/h2*1-9,12,22H,27H2/t2*22-/m11/s1. The lowest BCUT2D eigenvalue weighted by Gasteiger charge is -2.30. The highest BCUT2D eigenvalue weighted by Gasteiger charge is 2.34. The van der Waals surface area contributed by atoms with Crippen LogP contribution >= 0.6 is 23.2 Å². The second-order valence-electron chi connectivity index (χ2n) is 13.6. The molecule has 10 heteroatoms. The number of hydrogen-bond donors (Lipinski definition) is 2. The Balaban J connectivity index is 0.000000146. The van der Waals surface area contributed by atoms with Crippen molar-refractivity contribution in [1.82, 2.24) is 9.13 Å². The van der Waals surface area contributed by atoms with Gasteiger partial charge in [-0.15, -0.1) is 0 Å². The topological polar surface area (TPSA) is 157 Å². The van der Waals surface area contributed by atoms with Crippen molar-refractivity contribution in [3.63, 3.8) is 0 Å². The number of anilines is 2. The molecule has 56 heavy (non-hydrogen) atoms. The van der Waals surface area contributed by atoms with Gasteiger partial charge in [0, 0.05) is 45.4 Å². The van der Waals surface area contributed by atoms with E-state index in [1.54, 1.807) is 12.1 Å². The van der Waals surface area contributed by atoms with E-state index >= 15 is 0 Å². The van der Waals surface area contributed by atoms with Crippen molar-refractivity contribution >= 4 is 56.4 Å². The van der Waals surface area contributed by atoms with Gasteiger partial charge in [0.05, 0.1) is 66.8 Å². The third kappa shape index (κ3) is 4.89. The molecule has 4 heterocycles. The first-order chi connectivity index (χ1) is 27.3. The van der Waals surface area contributed by atoms with Gasteiger partial charge in [-0.05, 0) is 34.4 Å². The summed E-state index contributed by atoms with van der Waals surface area (Å²) in [6.07, 6.45) is 3.84. The molecular weight excluding hydrogens is 735 g/mol. The van der Waals surface area contributed by atoms with Gasteiger partial charge >= 0.3 is 0 Å². The van der Waals surface area contributed by atoms with E-state index in [0.717, 1.165) is 66.3 Å². The molecule has 0 fully saturated rings. The predicted octanol–water partition coefficient (Wildman–Crippen LogP) is 10.5. The number of hydrogen-bond acceptors (Lipinski definition) is 6. The van der Waals surface area contributed by atoms with Crippen molar-refractivity contribution in [3.05, 3.63) is 176 Å². The maximum absolute atomic E-state index is 9.89. The van der Waals surface area contributed by atoms with Crippen molar-refractivity contribution in [2.75, 3.05) is 11.5 Å². The molecule has 264 valence electrons. The Morgan fingerprint density at radius 2 is 0.893 bits per heavy atom. The summed E-state index contributed by atoms with van der Waals surface area (Å²) < 4.78 is 4.26. The van der Waals surface area contributed by atoms with Crippen molar-refractivity contribution in [1.29, 1.82) is 21.0 Å². The van der Waals surface area contributed by atoms with E-state index in [-0.39, 0.29) is 23.5 Å². The SMILES string of the molecule is N#Cc1cc2c(c(C#N)c1N)-c1cccc3c(Cl)cn(c13)[C@@H]2c1ccccc1.N#Cc1cc2c(c(C#N)c1N)-c1cccc3c(Cl)cn(c13)[C@@H]2c1ccccc1. The van der Waals surface area contributed by atoms with Crippen LogP contribution in [0.4, 0.5) is 11.4 Å². The second-order valence-corrected chi connectivity index (χ2v) is 14.4. The number of fused-ring (bicyclic) bond motifs is 4. The molecule has 0 bridgehead atoms. The van der Waals surface area contributed by atoms with Crippen LogP contribution in [0.1, 0.15) is 56.6 Å². The van der Waals surface area contributed by atoms with Crippen LogP contribution in [0, 0.1) is 45.3 Å². The maximum atomic E-state index is 9.89. The molecular formula is C46H26Cl2N8. The third-order valence-electron chi connectivity index (χ3n) is 10.8. The van der Waals surface area contributed by atoms with Crippen LogP contribution in [0.15, 0.2) is 122 Å². The second kappa shape index (κ2) is 13.1. The number of aromatic nitrogens is 2. The zero-order valence-electron chi connectivity index (χ0n) is 29.3. The van der Waals surface area contributed by atoms with E-state index in [1.165, 1.54) is 0 Å². The molecule has 2 atom stereocenters. The molecule has 2 aromatic heterocycles. The molecule has 0 aliphatic carbocycles. The van der Waals surface area contributed by atoms with E-state index in [0.29, 0.717) is 32.3 Å². The number of benzene rings is 6. The Labute approximate surface area is 331 Å². The van der Waals surface area contributed by atoms with Gasteiger partial charge < -0.3 is 20.6 Å². The molecule has 8 aromatic rings. The van der Waals surface area contributed by atoms with Crippen LogP contribution in [-0.2, 0) is 0 Å². The fourth-order valence-electron chi connectivity index (χ4n) is 8.47. The minimum atomic E-state index is -0.208. The summed E-state index contributed by atoms with van der Waals surface area (Å²) in [4.78, 5) is 0. The zero-order valence-corrected chi connectivity index (χ0v) is 30.8. The molecule has 2 aliphatic rings. The molecule has 0 radical (unpaired) electrons. The van der Waals surface area contributed by atoms with Crippen molar-refractivity contribution in [2.24, 2.45) is 0 Å². The van der Waals surface area contributed by atoms with Crippen LogP contribution < -0.4 is 11.5 Å². The highest BCUT2D eigenvalue weighted by molar-refractivity contribution is 6.36. The number of nitrogens with zero attached hydrogens (tertiary/aromatic N) is 6. The van der Waals surface area contributed by atoms with Gasteiger partial charge in [-0.25, -0.2) is 0 Å². The Morgan fingerprint density at radius 1 is 0.500 bits per heavy atom. The Kier molecular flexibility index (Phi) is 8.05. The number of nitriles is 4. The van der Waals surface area contributed by atoms with Crippen LogP contribution in [0.5, 0.6) is 0 Å². The van der Waals surface area contributed by atoms with Gasteiger partial charge in [-0.3, -0.25) is 0 Å². The fourth-order valence-corrected chi connectivity index (χ4v) is 8.99. The van der Waals surface area contributed by atoms with Gasteiger partial charge in [0.1, 0.15) is 24.3 Å². The van der Waals surface area contributed by atoms with Gasteiger partial charge in [-0.2, -0.15) is 21.0 Å². The summed E-state index contributed by atoms with van der Waals surface area (Å²) in [6, 6.07) is 43.7. The zero-order chi connectivity index (χ0) is 38.8. The van der Waals surface area contributed by atoms with Gasteiger partial charge in [0.25, 0.3) is 0 Å². The minimum Gasteiger partial charge on any atom is -0.397 e. The van der Waals surface area contributed by atoms with E-state index in [1.807, 2.05) is 109 Å². The lowest BCUT2D eigenvalue weighted by Crippen LogP contribution is -2.18. The number of para-hydroxylation sites is 2. The summed E-state index contributed by atoms with van der Waals surface area (Å²) in [5.74, 6) is 0. The van der Waals surface area contributed by atoms with E-state index in [2.05, 4.69) is 33.4 Å². The van der Waals surface area contributed by atoms with Crippen molar-refractivity contribution in [3.8, 4) is 46.5 Å². The first-order valence-corrected chi connectivity index (χ1v) is 18.3. The molecule has 10 rings (SSSR count). The lowest BCUT2D eigenvalue weighted by atomic mass is 9.82. The molecule has 4 N–H and O–H groups in total. The molecule has 8 nitrogen and oxygen atoms in total. The first kappa shape index (κ1) is 34.3. The smallest absolute Gasteiger partial charge is 0.102 e. The minimum absolute atomic E-state index is 0.208. The van der Waals surface area contributed by atoms with E-state index in [9.17, 15) is 21.0 Å². The highest BCUT2D eigenvalue weighted by Crippen LogP contribution is 2.51. The number of nitrogens with two attached hydrogens (primary N) is 2. The number of nitrogen functional groups attached to an aromatic ring is 2. The van der Waals surface area contributed by atoms with Crippen molar-refractivity contribution < 1.29 is 0 Å². The molecule has 0 unspecified atom stereocenters. The van der Waals surface area contributed by atoms with Gasteiger partial charge in [0.2, 0.25) is 0 Å². The van der Waals surface area contributed by atoms with E-state index in [4.69, 9.17) is 34.7 Å². The van der Waals surface area contributed by atoms with Crippen LogP contribution in [0.3, 0.4) is 0 Å². The number of halogens is 2. The fraction of sp³-hybridized carbons (Fsp3) is 0.0435. The Hall–Kier alpha value is -7.46. The Morgan fingerprint density at radius 3 is 1.25 bits per heavy atom. The monoisotopic (exact) mass is 760 g/mol. The Bertz CT molecular complexity index is 2920. The lowest BCUT2D eigenvalue weighted by molar-refractivity contribution is 0.699. The summed E-state index contributed by atoms with van der Waals surface area (Å²) in [5, 5.41) is 42.1. The van der Waals surface area contributed by atoms with Gasteiger partial charge in [0.15, 0.2) is 0 Å². The number of rotatable bonds is 2. The molecule has 2 aliphatic heterocycles. The summed E-state index contributed by atoms with van der Waals surface area (Å²) in [5.41, 5.74) is 23.3. The highest BCUT2D eigenvalue weighted by atomic mass is 35.5. The third-order valence-corrected chi connectivity index (χ3v) is 11.4. The summed E-state index contributed by atoms with van der Waals surface area (Å²) >= 11 is 13.1. The quantitative estimate of drug-likeness (QED) is 0.167.